The number of carbonyl (C=O) groups is 1. The zero-order valence-corrected chi connectivity index (χ0v) is 12.6. The van der Waals surface area contributed by atoms with E-state index in [1.54, 1.807) is 6.92 Å². The summed E-state index contributed by atoms with van der Waals surface area (Å²) in [6, 6.07) is 0.945. The number of pyridine rings is 1. The molecule has 1 N–H and O–H groups in total. The second-order valence-electron chi connectivity index (χ2n) is 4.68. The lowest BCUT2D eigenvalue weighted by molar-refractivity contribution is -0.385. The van der Waals surface area contributed by atoms with Gasteiger partial charge in [0.15, 0.2) is 0 Å². The van der Waals surface area contributed by atoms with Crippen LogP contribution in [-0.2, 0) is 4.79 Å². The molecule has 1 aromatic heterocycles. The molecule has 1 unspecified atom stereocenters. The van der Waals surface area contributed by atoms with E-state index in [9.17, 15) is 14.9 Å². The average Bonchev–Trinajstić information content (AvgIpc) is 2.93. The summed E-state index contributed by atoms with van der Waals surface area (Å²) in [5, 5.41) is 13.6. The van der Waals surface area contributed by atoms with Crippen molar-refractivity contribution >= 4 is 33.3 Å². The van der Waals surface area contributed by atoms with Crippen LogP contribution in [0.15, 0.2) is 16.7 Å². The molecule has 0 radical (unpaired) electrons. The second kappa shape index (κ2) is 6.17. The first-order valence-corrected chi connectivity index (χ1v) is 7.13. The van der Waals surface area contributed by atoms with E-state index < -0.39 is 11.0 Å². The van der Waals surface area contributed by atoms with Gasteiger partial charge in [0.1, 0.15) is 18.1 Å². The fraction of sp³-hybridized carbons (Fsp3) is 0.500. The van der Waals surface area contributed by atoms with Crippen molar-refractivity contribution in [2.24, 2.45) is 0 Å². The maximum absolute atomic E-state index is 12.1. The van der Waals surface area contributed by atoms with Crippen LogP contribution in [0.4, 0.5) is 11.5 Å². The Kier molecular flexibility index (Phi) is 4.53. The van der Waals surface area contributed by atoms with Gasteiger partial charge in [-0.2, -0.15) is 0 Å². The van der Waals surface area contributed by atoms with E-state index in [0.717, 1.165) is 25.9 Å². The highest BCUT2D eigenvalue weighted by Crippen LogP contribution is 2.25. The summed E-state index contributed by atoms with van der Waals surface area (Å²) in [6.45, 7) is 3.34. The predicted octanol–water partition coefficient (Wildman–Crippen LogP) is 2.18. The minimum Gasteiger partial charge on any atom is -0.358 e. The first kappa shape index (κ1) is 14.7. The Hall–Kier alpha value is -1.70. The molecule has 7 nitrogen and oxygen atoms in total. The number of nitro groups is 1. The third-order valence-electron chi connectivity index (χ3n) is 3.18. The Labute approximate surface area is 124 Å². The molecule has 0 saturated carbocycles. The molecule has 2 heterocycles. The lowest BCUT2D eigenvalue weighted by Crippen LogP contribution is -2.39. The number of amides is 1. The van der Waals surface area contributed by atoms with Crippen LogP contribution in [0.5, 0.6) is 0 Å². The fourth-order valence-electron chi connectivity index (χ4n) is 2.11. The number of halogens is 1. The number of rotatable bonds is 4. The van der Waals surface area contributed by atoms with Gasteiger partial charge in [0.05, 0.1) is 9.40 Å². The zero-order chi connectivity index (χ0) is 14.7. The van der Waals surface area contributed by atoms with E-state index in [1.165, 1.54) is 12.3 Å². The first-order chi connectivity index (χ1) is 9.49. The van der Waals surface area contributed by atoms with Crippen LogP contribution in [0.3, 0.4) is 0 Å². The SMILES string of the molecule is CC(Nc1ncc([N+](=O)[O-])cc1Br)C(=O)N1CCCC1. The molecule has 2 rings (SSSR count). The summed E-state index contributed by atoms with van der Waals surface area (Å²) < 4.78 is 0.466. The van der Waals surface area contributed by atoms with Crippen LogP contribution >= 0.6 is 15.9 Å². The molecule has 0 aromatic carbocycles. The highest BCUT2D eigenvalue weighted by molar-refractivity contribution is 9.10. The minimum absolute atomic E-state index is 0.0227. The smallest absolute Gasteiger partial charge is 0.288 e. The highest BCUT2D eigenvalue weighted by atomic mass is 79.9. The lowest BCUT2D eigenvalue weighted by Gasteiger charge is -2.21. The molecular formula is C12H15BrN4O3. The molecule has 1 aliphatic rings. The van der Waals surface area contributed by atoms with Gasteiger partial charge < -0.3 is 10.2 Å². The number of hydrogen-bond donors (Lipinski definition) is 1. The van der Waals surface area contributed by atoms with Gasteiger partial charge in [-0.1, -0.05) is 0 Å². The largest absolute Gasteiger partial charge is 0.358 e. The van der Waals surface area contributed by atoms with Crippen molar-refractivity contribution in [1.82, 2.24) is 9.88 Å². The predicted molar refractivity (Wildman–Crippen MR) is 77.5 cm³/mol. The number of nitrogens with zero attached hydrogens (tertiary/aromatic N) is 3. The van der Waals surface area contributed by atoms with Crippen molar-refractivity contribution < 1.29 is 9.72 Å². The van der Waals surface area contributed by atoms with Crippen molar-refractivity contribution in [1.29, 1.82) is 0 Å². The lowest BCUT2D eigenvalue weighted by atomic mass is 10.3. The summed E-state index contributed by atoms with van der Waals surface area (Å²) in [4.78, 5) is 28.1. The van der Waals surface area contributed by atoms with Crippen LogP contribution < -0.4 is 5.32 Å². The Morgan fingerprint density at radius 3 is 2.75 bits per heavy atom. The molecule has 1 aliphatic heterocycles. The molecule has 1 atom stereocenters. The molecular weight excluding hydrogens is 328 g/mol. The third kappa shape index (κ3) is 3.24. The van der Waals surface area contributed by atoms with Crippen LogP contribution in [0, 0.1) is 10.1 Å². The fourth-order valence-corrected chi connectivity index (χ4v) is 2.56. The van der Waals surface area contributed by atoms with Gasteiger partial charge in [0.25, 0.3) is 5.69 Å². The van der Waals surface area contributed by atoms with Gasteiger partial charge in [0, 0.05) is 19.2 Å². The number of anilines is 1. The molecule has 1 saturated heterocycles. The molecule has 0 bridgehead atoms. The zero-order valence-electron chi connectivity index (χ0n) is 11.0. The summed E-state index contributed by atoms with van der Waals surface area (Å²) in [7, 11) is 0. The van der Waals surface area contributed by atoms with E-state index in [4.69, 9.17) is 0 Å². The highest BCUT2D eigenvalue weighted by Gasteiger charge is 2.24. The van der Waals surface area contributed by atoms with E-state index >= 15 is 0 Å². The second-order valence-corrected chi connectivity index (χ2v) is 5.53. The molecule has 108 valence electrons. The average molecular weight is 343 g/mol. The monoisotopic (exact) mass is 342 g/mol. The van der Waals surface area contributed by atoms with E-state index in [-0.39, 0.29) is 11.6 Å². The standard InChI is InChI=1S/C12H15BrN4O3/c1-8(12(18)16-4-2-3-5-16)15-11-10(13)6-9(7-14-11)17(19)20/h6-8H,2-5H2,1H3,(H,14,15). The molecule has 0 spiro atoms. The normalized spacial score (nSPS) is 16.0. The van der Waals surface area contributed by atoms with Crippen LogP contribution in [-0.4, -0.2) is 39.8 Å². The number of aromatic nitrogens is 1. The van der Waals surface area contributed by atoms with E-state index in [0.29, 0.717) is 10.3 Å². The number of likely N-dealkylation sites (tertiary alicyclic amines) is 1. The van der Waals surface area contributed by atoms with Crippen molar-refractivity contribution in [2.45, 2.75) is 25.8 Å². The Balaban J connectivity index is 2.05. The minimum atomic E-state index is -0.514. The molecule has 0 aliphatic carbocycles. The number of hydrogen-bond acceptors (Lipinski definition) is 5. The van der Waals surface area contributed by atoms with Gasteiger partial charge in [-0.15, -0.1) is 0 Å². The van der Waals surface area contributed by atoms with Crippen LogP contribution in [0.1, 0.15) is 19.8 Å². The summed E-state index contributed by atoms with van der Waals surface area (Å²) >= 11 is 3.22. The molecule has 1 amide bonds. The topological polar surface area (TPSA) is 88.4 Å². The van der Waals surface area contributed by atoms with Gasteiger partial charge in [-0.05, 0) is 35.7 Å². The molecule has 1 fully saturated rings. The summed E-state index contributed by atoms with van der Waals surface area (Å²) in [5.41, 5.74) is -0.0963. The molecule has 1 aromatic rings. The third-order valence-corrected chi connectivity index (χ3v) is 3.78. The van der Waals surface area contributed by atoms with Crippen LogP contribution in [0.2, 0.25) is 0 Å². The maximum atomic E-state index is 12.1. The van der Waals surface area contributed by atoms with Gasteiger partial charge >= 0.3 is 0 Å². The van der Waals surface area contributed by atoms with Gasteiger partial charge in [0.2, 0.25) is 5.91 Å². The molecule has 20 heavy (non-hydrogen) atoms. The Morgan fingerprint density at radius 1 is 1.55 bits per heavy atom. The van der Waals surface area contributed by atoms with E-state index in [2.05, 4.69) is 26.2 Å². The number of carbonyl (C=O) groups excluding carboxylic acids is 1. The Morgan fingerprint density at radius 2 is 2.20 bits per heavy atom. The van der Waals surface area contributed by atoms with Gasteiger partial charge in [-0.25, -0.2) is 4.98 Å². The summed E-state index contributed by atoms with van der Waals surface area (Å²) in [5.74, 6) is 0.449. The van der Waals surface area contributed by atoms with Crippen molar-refractivity contribution in [3.8, 4) is 0 Å². The van der Waals surface area contributed by atoms with Crippen molar-refractivity contribution in [3.63, 3.8) is 0 Å². The first-order valence-electron chi connectivity index (χ1n) is 6.34. The van der Waals surface area contributed by atoms with Gasteiger partial charge in [-0.3, -0.25) is 14.9 Å². The Bertz CT molecular complexity index is 531. The molecule has 8 heteroatoms. The van der Waals surface area contributed by atoms with Crippen molar-refractivity contribution in [3.05, 3.63) is 26.9 Å². The number of nitrogens with one attached hydrogen (secondary N) is 1. The van der Waals surface area contributed by atoms with E-state index in [1.807, 2.05) is 4.90 Å². The van der Waals surface area contributed by atoms with Crippen molar-refractivity contribution in [2.75, 3.05) is 18.4 Å². The quantitative estimate of drug-likeness (QED) is 0.669. The maximum Gasteiger partial charge on any atom is 0.288 e. The van der Waals surface area contributed by atoms with Crippen LogP contribution in [0.25, 0.3) is 0 Å². The summed E-state index contributed by atoms with van der Waals surface area (Å²) in [6.07, 6.45) is 3.25.